The maximum absolute atomic E-state index is 5.25. The van der Waals surface area contributed by atoms with Gasteiger partial charge in [-0.25, -0.2) is 0 Å². The largest absolute Gasteiger partial charge is 0.467 e. The Morgan fingerprint density at radius 3 is 2.58 bits per heavy atom. The fourth-order valence-corrected chi connectivity index (χ4v) is 1.15. The Morgan fingerprint density at radius 2 is 2.17 bits per heavy atom. The molecular weight excluding hydrogens is 218 g/mol. The van der Waals surface area contributed by atoms with Crippen LogP contribution in [0.5, 0.6) is 0 Å². The standard InChI is InChI=1S/C9H14BrNO/c1-9(2,3)11-5-8-4-7(10)6-12-8/h4,6,11H,5H2,1-3H3. The molecule has 0 aliphatic rings. The van der Waals surface area contributed by atoms with Gasteiger partial charge in [0.25, 0.3) is 0 Å². The highest BCUT2D eigenvalue weighted by Crippen LogP contribution is 2.14. The van der Waals surface area contributed by atoms with Gasteiger partial charge in [0.2, 0.25) is 0 Å². The second kappa shape index (κ2) is 3.62. The topological polar surface area (TPSA) is 25.2 Å². The zero-order valence-electron chi connectivity index (χ0n) is 7.65. The van der Waals surface area contributed by atoms with Crippen molar-refractivity contribution in [3.05, 3.63) is 22.6 Å². The van der Waals surface area contributed by atoms with E-state index in [2.05, 4.69) is 42.0 Å². The maximum Gasteiger partial charge on any atom is 0.118 e. The van der Waals surface area contributed by atoms with Gasteiger partial charge in [-0.05, 0) is 42.8 Å². The van der Waals surface area contributed by atoms with E-state index in [0.29, 0.717) is 0 Å². The molecule has 1 aromatic heterocycles. The highest BCUT2D eigenvalue weighted by atomic mass is 79.9. The molecule has 0 fully saturated rings. The summed E-state index contributed by atoms with van der Waals surface area (Å²) in [5.74, 6) is 0.955. The van der Waals surface area contributed by atoms with Crippen molar-refractivity contribution in [2.75, 3.05) is 0 Å². The van der Waals surface area contributed by atoms with Crippen molar-refractivity contribution in [3.8, 4) is 0 Å². The molecule has 0 bridgehead atoms. The second-order valence-corrected chi connectivity index (χ2v) is 4.75. The summed E-state index contributed by atoms with van der Waals surface area (Å²) in [5.41, 5.74) is 0.138. The first kappa shape index (κ1) is 9.81. The van der Waals surface area contributed by atoms with E-state index in [9.17, 15) is 0 Å². The van der Waals surface area contributed by atoms with Gasteiger partial charge in [0, 0.05) is 5.54 Å². The van der Waals surface area contributed by atoms with E-state index >= 15 is 0 Å². The van der Waals surface area contributed by atoms with E-state index in [-0.39, 0.29) is 5.54 Å². The van der Waals surface area contributed by atoms with E-state index < -0.39 is 0 Å². The van der Waals surface area contributed by atoms with Gasteiger partial charge in [-0.3, -0.25) is 0 Å². The maximum atomic E-state index is 5.25. The lowest BCUT2D eigenvalue weighted by Crippen LogP contribution is -2.34. The van der Waals surface area contributed by atoms with Gasteiger partial charge < -0.3 is 9.73 Å². The van der Waals surface area contributed by atoms with Crippen LogP contribution in [0.4, 0.5) is 0 Å². The van der Waals surface area contributed by atoms with Crippen LogP contribution in [0.1, 0.15) is 26.5 Å². The van der Waals surface area contributed by atoms with Crippen LogP contribution in [0, 0.1) is 0 Å². The van der Waals surface area contributed by atoms with Crippen molar-refractivity contribution < 1.29 is 4.42 Å². The molecule has 0 amide bonds. The lowest BCUT2D eigenvalue weighted by Gasteiger charge is -2.19. The molecule has 3 heteroatoms. The van der Waals surface area contributed by atoms with E-state index in [1.807, 2.05) is 6.07 Å². The SMILES string of the molecule is CC(C)(C)NCc1cc(Br)co1. The minimum absolute atomic E-state index is 0.138. The van der Waals surface area contributed by atoms with Gasteiger partial charge in [0.15, 0.2) is 0 Å². The first-order chi connectivity index (χ1) is 5.47. The number of hydrogen-bond acceptors (Lipinski definition) is 2. The van der Waals surface area contributed by atoms with Crippen molar-refractivity contribution in [1.82, 2.24) is 5.32 Å². The molecule has 1 N–H and O–H groups in total. The van der Waals surface area contributed by atoms with E-state index in [1.165, 1.54) is 0 Å². The summed E-state index contributed by atoms with van der Waals surface area (Å²) < 4.78 is 6.24. The smallest absolute Gasteiger partial charge is 0.118 e. The molecule has 68 valence electrons. The van der Waals surface area contributed by atoms with Crippen LogP contribution in [-0.4, -0.2) is 5.54 Å². The lowest BCUT2D eigenvalue weighted by atomic mass is 10.1. The fraction of sp³-hybridized carbons (Fsp3) is 0.556. The van der Waals surface area contributed by atoms with Crippen LogP contribution in [0.15, 0.2) is 21.2 Å². The Labute approximate surface area is 81.5 Å². The summed E-state index contributed by atoms with van der Waals surface area (Å²) in [6, 6.07) is 1.97. The number of nitrogens with one attached hydrogen (secondary N) is 1. The van der Waals surface area contributed by atoms with Gasteiger partial charge in [-0.2, -0.15) is 0 Å². The molecule has 0 spiro atoms. The van der Waals surface area contributed by atoms with Crippen LogP contribution in [-0.2, 0) is 6.54 Å². The Hall–Kier alpha value is -0.280. The van der Waals surface area contributed by atoms with Gasteiger partial charge >= 0.3 is 0 Å². The zero-order chi connectivity index (χ0) is 9.19. The highest BCUT2D eigenvalue weighted by Gasteiger charge is 2.09. The van der Waals surface area contributed by atoms with Gasteiger partial charge in [0.05, 0.1) is 11.0 Å². The normalized spacial score (nSPS) is 12.0. The highest BCUT2D eigenvalue weighted by molar-refractivity contribution is 9.10. The Kier molecular flexibility index (Phi) is 2.96. The van der Waals surface area contributed by atoms with Gasteiger partial charge in [-0.15, -0.1) is 0 Å². The fourth-order valence-electron chi connectivity index (χ4n) is 0.799. The third-order valence-corrected chi connectivity index (χ3v) is 1.83. The Bertz CT molecular complexity index is 249. The predicted octanol–water partition coefficient (Wildman–Crippen LogP) is 2.93. The van der Waals surface area contributed by atoms with E-state index in [1.54, 1.807) is 6.26 Å². The molecule has 2 nitrogen and oxygen atoms in total. The van der Waals surface area contributed by atoms with Gasteiger partial charge in [-0.1, -0.05) is 0 Å². The molecule has 12 heavy (non-hydrogen) atoms. The number of furan rings is 1. The first-order valence-corrected chi connectivity index (χ1v) is 4.74. The molecule has 1 aromatic rings. The molecule has 0 aliphatic heterocycles. The Balaban J connectivity index is 2.44. The molecule has 0 radical (unpaired) electrons. The van der Waals surface area contributed by atoms with Crippen molar-refractivity contribution in [2.24, 2.45) is 0 Å². The van der Waals surface area contributed by atoms with Crippen LogP contribution in [0.2, 0.25) is 0 Å². The Morgan fingerprint density at radius 1 is 1.50 bits per heavy atom. The van der Waals surface area contributed by atoms with Crippen molar-refractivity contribution >= 4 is 15.9 Å². The molecule has 0 atom stereocenters. The summed E-state index contributed by atoms with van der Waals surface area (Å²) in [6.45, 7) is 7.16. The minimum atomic E-state index is 0.138. The molecule has 0 aliphatic carbocycles. The average molecular weight is 232 g/mol. The summed E-state index contributed by atoms with van der Waals surface area (Å²) in [7, 11) is 0. The van der Waals surface area contributed by atoms with Crippen LogP contribution < -0.4 is 5.32 Å². The molecule has 0 saturated carbocycles. The molecule has 1 rings (SSSR count). The second-order valence-electron chi connectivity index (χ2n) is 3.83. The molecule has 0 saturated heterocycles. The molecule has 0 aromatic carbocycles. The zero-order valence-corrected chi connectivity index (χ0v) is 9.23. The lowest BCUT2D eigenvalue weighted by molar-refractivity contribution is 0.388. The van der Waals surface area contributed by atoms with Crippen LogP contribution in [0.3, 0.4) is 0 Å². The number of halogens is 1. The number of rotatable bonds is 2. The van der Waals surface area contributed by atoms with Crippen LogP contribution in [0.25, 0.3) is 0 Å². The third-order valence-electron chi connectivity index (χ3n) is 1.41. The quantitative estimate of drug-likeness (QED) is 0.847. The van der Waals surface area contributed by atoms with Crippen molar-refractivity contribution in [1.29, 1.82) is 0 Å². The summed E-state index contributed by atoms with van der Waals surface area (Å²) in [5, 5.41) is 3.34. The third kappa shape index (κ3) is 3.41. The molecule has 1 heterocycles. The van der Waals surface area contributed by atoms with E-state index in [4.69, 9.17) is 4.42 Å². The van der Waals surface area contributed by atoms with E-state index in [0.717, 1.165) is 16.8 Å². The summed E-state index contributed by atoms with van der Waals surface area (Å²) >= 11 is 3.33. The summed E-state index contributed by atoms with van der Waals surface area (Å²) in [4.78, 5) is 0. The van der Waals surface area contributed by atoms with Crippen molar-refractivity contribution in [2.45, 2.75) is 32.9 Å². The minimum Gasteiger partial charge on any atom is -0.467 e. The average Bonchev–Trinajstić information content (AvgIpc) is 2.30. The molecular formula is C9H14BrNO. The van der Waals surface area contributed by atoms with Crippen molar-refractivity contribution in [3.63, 3.8) is 0 Å². The number of hydrogen-bond donors (Lipinski definition) is 1. The first-order valence-electron chi connectivity index (χ1n) is 3.95. The van der Waals surface area contributed by atoms with Crippen LogP contribution >= 0.6 is 15.9 Å². The summed E-state index contributed by atoms with van der Waals surface area (Å²) in [6.07, 6.45) is 1.69. The monoisotopic (exact) mass is 231 g/mol. The predicted molar refractivity (Wildman–Crippen MR) is 53.0 cm³/mol. The van der Waals surface area contributed by atoms with Gasteiger partial charge in [0.1, 0.15) is 12.0 Å². The molecule has 0 unspecified atom stereocenters.